The highest BCUT2D eigenvalue weighted by Crippen LogP contribution is 2.28. The van der Waals surface area contributed by atoms with E-state index >= 15 is 0 Å². The summed E-state index contributed by atoms with van der Waals surface area (Å²) in [5, 5.41) is 3.00. The first-order valence-electron chi connectivity index (χ1n) is 9.58. The van der Waals surface area contributed by atoms with Gasteiger partial charge in [-0.25, -0.2) is 9.18 Å². The number of amides is 1. The van der Waals surface area contributed by atoms with Gasteiger partial charge in [-0.3, -0.25) is 4.90 Å². The summed E-state index contributed by atoms with van der Waals surface area (Å²) in [4.78, 5) is 14.7. The lowest BCUT2D eigenvalue weighted by atomic mass is 10.2. The monoisotopic (exact) mass is 339 g/mol. The Kier molecular flexibility index (Phi) is 3.58. The van der Waals surface area contributed by atoms with Gasteiger partial charge in [0, 0.05) is 18.8 Å². The van der Waals surface area contributed by atoms with Crippen molar-refractivity contribution >= 4 is 17.5 Å². The van der Waals surface area contributed by atoms with Crippen LogP contribution in [0.5, 0.6) is 0 Å². The van der Waals surface area contributed by atoms with Gasteiger partial charge in [0.25, 0.3) is 0 Å². The second-order valence-corrected chi connectivity index (χ2v) is 5.66. The molecule has 24 heavy (non-hydrogen) atoms. The zero-order valence-corrected chi connectivity index (χ0v) is 13.3. The summed E-state index contributed by atoms with van der Waals surface area (Å²) in [5.41, 5.74) is 1.09. The summed E-state index contributed by atoms with van der Waals surface area (Å²) in [7, 11) is 0. The number of cyclic esters (lactones) is 1. The van der Waals surface area contributed by atoms with E-state index in [0.29, 0.717) is 12.2 Å². The fourth-order valence-corrected chi connectivity index (χ4v) is 2.54. The van der Waals surface area contributed by atoms with E-state index in [1.165, 1.54) is 21.9 Å². The molecule has 6 nitrogen and oxygen atoms in total. The number of nitrogens with one attached hydrogen (secondary N) is 1. The lowest BCUT2D eigenvalue weighted by Crippen LogP contribution is -2.36. The van der Waals surface area contributed by atoms with Gasteiger partial charge in [-0.1, -0.05) is 6.58 Å². The molecule has 3 rings (SSSR count). The van der Waals surface area contributed by atoms with Gasteiger partial charge in [0.05, 0.1) is 43.1 Å². The number of nitrogens with zero attached hydrogens (tertiary/aromatic N) is 2. The minimum absolute atomic E-state index is 0.0351. The van der Waals surface area contributed by atoms with E-state index in [4.69, 9.17) is 15.0 Å². The van der Waals surface area contributed by atoms with Crippen molar-refractivity contribution < 1.29 is 24.1 Å². The number of benzene rings is 1. The number of carbonyl (C=O) groups excluding carboxylic acids is 1. The second kappa shape index (κ2) is 7.09. The second-order valence-electron chi connectivity index (χ2n) is 5.66. The van der Waals surface area contributed by atoms with E-state index < -0.39 is 31.1 Å². The average molecular weight is 339 g/mol. The van der Waals surface area contributed by atoms with Crippen molar-refractivity contribution in [3.63, 3.8) is 0 Å². The van der Waals surface area contributed by atoms with Gasteiger partial charge in [-0.15, -0.1) is 0 Å². The van der Waals surface area contributed by atoms with Crippen LogP contribution in [0.1, 0.15) is 12.4 Å². The Hall–Kier alpha value is -2.28. The van der Waals surface area contributed by atoms with Crippen LogP contribution in [0, 0.1) is 5.82 Å². The van der Waals surface area contributed by atoms with Gasteiger partial charge in [-0.05, 0) is 25.1 Å². The van der Waals surface area contributed by atoms with Crippen molar-refractivity contribution in [3.8, 4) is 0 Å². The number of ether oxygens (including phenoxy) is 2. The molecule has 0 bridgehead atoms. The Morgan fingerprint density at radius 3 is 2.92 bits per heavy atom. The Morgan fingerprint density at radius 2 is 2.25 bits per heavy atom. The first-order chi connectivity index (χ1) is 13.0. The van der Waals surface area contributed by atoms with E-state index in [9.17, 15) is 9.18 Å². The summed E-state index contributed by atoms with van der Waals surface area (Å²) < 4.78 is 55.5. The predicted octanol–water partition coefficient (Wildman–Crippen LogP) is 2.11. The maximum Gasteiger partial charge on any atom is 0.414 e. The van der Waals surface area contributed by atoms with Gasteiger partial charge >= 0.3 is 6.09 Å². The molecule has 0 aromatic heterocycles. The van der Waals surface area contributed by atoms with E-state index in [0.717, 1.165) is 11.8 Å². The summed E-state index contributed by atoms with van der Waals surface area (Å²) in [6, 6.07) is 4.08. The standard InChI is InChI=1S/C17H22FN3O3/c1-12(2)19-10-14-11-21(17(22)24-14)13-3-4-16(15(18)9-13)20-5-7-23-8-6-20/h3-4,9,14,19H,1,5-8,10-11H2,2H3/t14-/m0/s1/i7D2,8D2. The highest BCUT2D eigenvalue weighted by molar-refractivity contribution is 5.90. The number of anilines is 2. The molecule has 130 valence electrons. The molecule has 0 unspecified atom stereocenters. The zero-order chi connectivity index (χ0) is 20.7. The van der Waals surface area contributed by atoms with Gasteiger partial charge in [-0.2, -0.15) is 0 Å². The molecule has 2 aliphatic heterocycles. The molecule has 0 spiro atoms. The van der Waals surface area contributed by atoms with Crippen molar-refractivity contribution in [3.05, 3.63) is 36.3 Å². The number of allylic oxidation sites excluding steroid dienone is 1. The molecule has 0 aliphatic carbocycles. The third-order valence-corrected chi connectivity index (χ3v) is 3.74. The minimum atomic E-state index is -2.25. The van der Waals surface area contributed by atoms with Crippen molar-refractivity contribution in [2.24, 2.45) is 0 Å². The fourth-order valence-electron chi connectivity index (χ4n) is 2.54. The van der Waals surface area contributed by atoms with E-state index in [2.05, 4.69) is 11.9 Å². The normalized spacial score (nSPS) is 27.6. The molecule has 0 radical (unpaired) electrons. The molecule has 2 heterocycles. The van der Waals surface area contributed by atoms with Gasteiger partial charge < -0.3 is 19.7 Å². The van der Waals surface area contributed by atoms with Crippen LogP contribution >= 0.6 is 0 Å². The molecule has 1 aromatic carbocycles. The maximum atomic E-state index is 14.7. The lowest BCUT2D eigenvalue weighted by molar-refractivity contribution is 0.122. The van der Waals surface area contributed by atoms with Crippen molar-refractivity contribution in [1.29, 1.82) is 0 Å². The van der Waals surface area contributed by atoms with Crippen molar-refractivity contribution in [1.82, 2.24) is 5.32 Å². The smallest absolute Gasteiger partial charge is 0.414 e. The molecule has 1 aromatic rings. The SMILES string of the molecule is [2H]C1([2H])CN(c2ccc(N3C[C@H](CNC(=C)C)OC3=O)cc2F)CC([2H])([2H])O1. The molecular formula is C17H22FN3O3. The maximum absolute atomic E-state index is 14.7. The molecule has 1 amide bonds. The van der Waals surface area contributed by atoms with Crippen LogP contribution in [0.15, 0.2) is 30.5 Å². The molecule has 0 saturated carbocycles. The van der Waals surface area contributed by atoms with Crippen LogP contribution in [0.4, 0.5) is 20.6 Å². The molecular weight excluding hydrogens is 313 g/mol. The van der Waals surface area contributed by atoms with Crippen LogP contribution in [-0.2, 0) is 9.47 Å². The highest BCUT2D eigenvalue weighted by Gasteiger charge is 2.32. The average Bonchev–Trinajstić information content (AvgIpc) is 2.90. The summed E-state index contributed by atoms with van der Waals surface area (Å²) in [5.74, 6) is -0.692. The number of halogens is 1. The van der Waals surface area contributed by atoms with Gasteiger partial charge in [0.1, 0.15) is 11.9 Å². The molecule has 1 atom stereocenters. The van der Waals surface area contributed by atoms with Crippen molar-refractivity contribution in [2.75, 3.05) is 49.1 Å². The third kappa shape index (κ3) is 3.62. The van der Waals surface area contributed by atoms with Crippen LogP contribution in [0.3, 0.4) is 0 Å². The molecule has 2 aliphatic rings. The molecule has 2 fully saturated rings. The van der Waals surface area contributed by atoms with Gasteiger partial charge in [0.2, 0.25) is 0 Å². The highest BCUT2D eigenvalue weighted by atomic mass is 19.1. The Balaban J connectivity index is 1.76. The Bertz CT molecular complexity index is 777. The zero-order valence-electron chi connectivity index (χ0n) is 17.3. The lowest BCUT2D eigenvalue weighted by Gasteiger charge is -2.29. The quantitative estimate of drug-likeness (QED) is 0.890. The van der Waals surface area contributed by atoms with Crippen molar-refractivity contribution in [2.45, 2.75) is 13.0 Å². The topological polar surface area (TPSA) is 54.0 Å². The van der Waals surface area contributed by atoms with E-state index in [1.807, 2.05) is 0 Å². The first-order valence-corrected chi connectivity index (χ1v) is 7.58. The predicted molar refractivity (Wildman–Crippen MR) is 89.9 cm³/mol. The molecule has 1 N–H and O–H groups in total. The number of hydrogen-bond acceptors (Lipinski definition) is 5. The minimum Gasteiger partial charge on any atom is -0.442 e. The number of hydrogen-bond donors (Lipinski definition) is 1. The first kappa shape index (κ1) is 12.1. The van der Waals surface area contributed by atoms with E-state index in [-0.39, 0.29) is 25.3 Å². The number of morpholine rings is 1. The summed E-state index contributed by atoms with van der Waals surface area (Å²) in [6.45, 7) is 1.01. The van der Waals surface area contributed by atoms with Crippen LogP contribution in [0.25, 0.3) is 0 Å². The summed E-state index contributed by atoms with van der Waals surface area (Å²) in [6.07, 6.45) is -0.981. The molecule has 2 saturated heterocycles. The third-order valence-electron chi connectivity index (χ3n) is 3.74. The van der Waals surface area contributed by atoms with Crippen LogP contribution < -0.4 is 15.1 Å². The Morgan fingerprint density at radius 1 is 1.50 bits per heavy atom. The van der Waals surface area contributed by atoms with Crippen LogP contribution in [-0.4, -0.2) is 51.5 Å². The largest absolute Gasteiger partial charge is 0.442 e. The number of carbonyl (C=O) groups is 1. The van der Waals surface area contributed by atoms with Crippen LogP contribution in [0.2, 0.25) is 0 Å². The molecule has 7 heteroatoms. The summed E-state index contributed by atoms with van der Waals surface area (Å²) >= 11 is 0. The fraction of sp³-hybridized carbons (Fsp3) is 0.471. The Labute approximate surface area is 146 Å². The van der Waals surface area contributed by atoms with E-state index in [1.54, 1.807) is 6.92 Å². The number of rotatable bonds is 5. The van der Waals surface area contributed by atoms with Gasteiger partial charge in [0.15, 0.2) is 0 Å².